The molecule has 4 N–H and O–H groups in total. The first-order chi connectivity index (χ1) is 9.05. The van der Waals surface area contributed by atoms with Crippen LogP contribution in [0.2, 0.25) is 0 Å². The molecule has 0 radical (unpaired) electrons. The molecule has 1 rings (SSSR count). The van der Waals surface area contributed by atoms with Crippen molar-refractivity contribution in [2.45, 2.75) is 39.4 Å². The van der Waals surface area contributed by atoms with E-state index in [0.717, 1.165) is 6.42 Å². The summed E-state index contributed by atoms with van der Waals surface area (Å²) in [6.07, 6.45) is 2.49. The molecule has 0 aliphatic carbocycles. The Labute approximate surface area is 111 Å². The first kappa shape index (κ1) is 15.1. The van der Waals surface area contributed by atoms with Gasteiger partial charge in [-0.1, -0.05) is 12.1 Å². The SMILES string of the molecule is CCC(C)NC(=O)Cn1cc(CNC(=O)CN)nn1. The number of hydrogen-bond acceptors (Lipinski definition) is 5. The molecular weight excluding hydrogens is 248 g/mol. The standard InChI is InChI=1S/C11H20N6O2/c1-3-8(2)14-11(19)7-17-6-9(15-16-17)5-13-10(18)4-12/h6,8H,3-5,7,12H2,1-2H3,(H,13,18)(H,14,19). The van der Waals surface area contributed by atoms with Crippen molar-refractivity contribution >= 4 is 11.8 Å². The smallest absolute Gasteiger partial charge is 0.242 e. The van der Waals surface area contributed by atoms with Gasteiger partial charge < -0.3 is 16.4 Å². The minimum atomic E-state index is -0.260. The van der Waals surface area contributed by atoms with E-state index in [4.69, 9.17) is 5.73 Å². The number of rotatable bonds is 7. The molecule has 0 spiro atoms. The maximum Gasteiger partial charge on any atom is 0.242 e. The molecular formula is C11H20N6O2. The molecule has 1 aromatic rings. The van der Waals surface area contributed by atoms with Crippen molar-refractivity contribution < 1.29 is 9.59 Å². The van der Waals surface area contributed by atoms with E-state index in [1.54, 1.807) is 6.20 Å². The summed E-state index contributed by atoms with van der Waals surface area (Å²) in [5.41, 5.74) is 5.74. The van der Waals surface area contributed by atoms with E-state index >= 15 is 0 Å². The summed E-state index contributed by atoms with van der Waals surface area (Å²) in [6, 6.07) is 0.138. The summed E-state index contributed by atoms with van der Waals surface area (Å²) in [6.45, 7) is 4.24. The fourth-order valence-electron chi connectivity index (χ4n) is 1.33. The van der Waals surface area contributed by atoms with Gasteiger partial charge in [0.2, 0.25) is 11.8 Å². The highest BCUT2D eigenvalue weighted by Crippen LogP contribution is 1.94. The average molecular weight is 268 g/mol. The van der Waals surface area contributed by atoms with Crippen LogP contribution in [-0.2, 0) is 22.7 Å². The fraction of sp³-hybridized carbons (Fsp3) is 0.636. The predicted octanol–water partition coefficient (Wildman–Crippen LogP) is -1.23. The molecule has 19 heavy (non-hydrogen) atoms. The predicted molar refractivity (Wildman–Crippen MR) is 68.8 cm³/mol. The lowest BCUT2D eigenvalue weighted by Gasteiger charge is -2.10. The Bertz CT molecular complexity index is 431. The van der Waals surface area contributed by atoms with E-state index in [1.807, 2.05) is 13.8 Å². The molecule has 1 heterocycles. The van der Waals surface area contributed by atoms with Crippen molar-refractivity contribution in [3.8, 4) is 0 Å². The normalized spacial score (nSPS) is 11.9. The van der Waals surface area contributed by atoms with Gasteiger partial charge in [0.05, 0.1) is 19.3 Å². The molecule has 106 valence electrons. The van der Waals surface area contributed by atoms with Crippen molar-refractivity contribution in [1.82, 2.24) is 25.6 Å². The molecule has 1 atom stereocenters. The zero-order valence-electron chi connectivity index (χ0n) is 11.2. The molecule has 0 saturated heterocycles. The number of nitrogens with one attached hydrogen (secondary N) is 2. The van der Waals surface area contributed by atoms with Gasteiger partial charge >= 0.3 is 0 Å². The summed E-state index contributed by atoms with van der Waals surface area (Å²) >= 11 is 0. The molecule has 1 unspecified atom stereocenters. The number of carbonyl (C=O) groups excluding carboxylic acids is 2. The highest BCUT2D eigenvalue weighted by atomic mass is 16.2. The third-order valence-corrected chi connectivity index (χ3v) is 2.56. The van der Waals surface area contributed by atoms with Gasteiger partial charge in [-0.15, -0.1) is 5.10 Å². The largest absolute Gasteiger partial charge is 0.352 e. The Morgan fingerprint density at radius 1 is 1.47 bits per heavy atom. The lowest BCUT2D eigenvalue weighted by Crippen LogP contribution is -2.34. The molecule has 1 aromatic heterocycles. The Balaban J connectivity index is 2.42. The van der Waals surface area contributed by atoms with Gasteiger partial charge in [-0.3, -0.25) is 9.59 Å². The number of nitrogens with two attached hydrogens (primary N) is 1. The second kappa shape index (κ2) is 7.47. The van der Waals surface area contributed by atoms with Crippen LogP contribution in [0.3, 0.4) is 0 Å². The van der Waals surface area contributed by atoms with Gasteiger partial charge in [-0.05, 0) is 13.3 Å². The fourth-order valence-corrected chi connectivity index (χ4v) is 1.33. The number of nitrogens with zero attached hydrogens (tertiary/aromatic N) is 3. The summed E-state index contributed by atoms with van der Waals surface area (Å²) in [5.74, 6) is -0.374. The maximum atomic E-state index is 11.6. The lowest BCUT2D eigenvalue weighted by atomic mass is 10.2. The van der Waals surface area contributed by atoms with Gasteiger partial charge in [0.1, 0.15) is 12.2 Å². The molecule has 2 amide bonds. The summed E-state index contributed by atoms with van der Waals surface area (Å²) in [4.78, 5) is 22.6. The van der Waals surface area contributed by atoms with E-state index in [1.165, 1.54) is 4.68 Å². The van der Waals surface area contributed by atoms with Crippen molar-refractivity contribution in [3.63, 3.8) is 0 Å². The van der Waals surface area contributed by atoms with Crippen molar-refractivity contribution in [3.05, 3.63) is 11.9 Å². The minimum Gasteiger partial charge on any atom is -0.352 e. The molecule has 0 aliphatic heterocycles. The average Bonchev–Trinajstić information content (AvgIpc) is 2.83. The van der Waals surface area contributed by atoms with Gasteiger partial charge in [-0.2, -0.15) is 0 Å². The number of hydrogen-bond donors (Lipinski definition) is 3. The molecule has 0 aromatic carbocycles. The molecule has 0 aliphatic rings. The molecule has 0 saturated carbocycles. The third kappa shape index (κ3) is 5.47. The van der Waals surface area contributed by atoms with Crippen molar-refractivity contribution in [2.24, 2.45) is 5.73 Å². The summed E-state index contributed by atoms with van der Waals surface area (Å²) in [5, 5.41) is 13.1. The van der Waals surface area contributed by atoms with Crippen LogP contribution in [0.25, 0.3) is 0 Å². The number of amides is 2. The highest BCUT2D eigenvalue weighted by Gasteiger charge is 2.08. The zero-order valence-corrected chi connectivity index (χ0v) is 11.2. The Hall–Kier alpha value is -1.96. The van der Waals surface area contributed by atoms with Crippen LogP contribution in [0.4, 0.5) is 0 Å². The van der Waals surface area contributed by atoms with Gasteiger partial charge in [-0.25, -0.2) is 4.68 Å². The number of aromatic nitrogens is 3. The molecule has 0 bridgehead atoms. The maximum absolute atomic E-state index is 11.6. The molecule has 8 heteroatoms. The first-order valence-corrected chi connectivity index (χ1v) is 6.20. The summed E-state index contributed by atoms with van der Waals surface area (Å²) < 4.78 is 1.43. The van der Waals surface area contributed by atoms with Crippen molar-refractivity contribution in [2.75, 3.05) is 6.54 Å². The van der Waals surface area contributed by atoms with Crippen LogP contribution in [0.5, 0.6) is 0 Å². The van der Waals surface area contributed by atoms with E-state index in [2.05, 4.69) is 20.9 Å². The van der Waals surface area contributed by atoms with E-state index < -0.39 is 0 Å². The zero-order chi connectivity index (χ0) is 14.3. The minimum absolute atomic E-state index is 0.0640. The van der Waals surface area contributed by atoms with Crippen LogP contribution < -0.4 is 16.4 Å². The van der Waals surface area contributed by atoms with Crippen LogP contribution >= 0.6 is 0 Å². The summed E-state index contributed by atoms with van der Waals surface area (Å²) in [7, 11) is 0. The van der Waals surface area contributed by atoms with Crippen LogP contribution in [0.15, 0.2) is 6.20 Å². The molecule has 8 nitrogen and oxygen atoms in total. The van der Waals surface area contributed by atoms with Crippen molar-refractivity contribution in [1.29, 1.82) is 0 Å². The topological polar surface area (TPSA) is 115 Å². The second-order valence-corrected chi connectivity index (χ2v) is 4.27. The Kier molecular flexibility index (Phi) is 5.94. The highest BCUT2D eigenvalue weighted by molar-refractivity contribution is 5.77. The van der Waals surface area contributed by atoms with E-state index in [9.17, 15) is 9.59 Å². The van der Waals surface area contributed by atoms with Crippen LogP contribution in [-0.4, -0.2) is 39.4 Å². The van der Waals surface area contributed by atoms with Gasteiger partial charge in [0.25, 0.3) is 0 Å². The second-order valence-electron chi connectivity index (χ2n) is 4.27. The van der Waals surface area contributed by atoms with E-state index in [0.29, 0.717) is 5.69 Å². The van der Waals surface area contributed by atoms with Crippen LogP contribution in [0, 0.1) is 0 Å². The first-order valence-electron chi connectivity index (χ1n) is 6.20. The monoisotopic (exact) mass is 268 g/mol. The number of carbonyl (C=O) groups is 2. The van der Waals surface area contributed by atoms with Crippen LogP contribution in [0.1, 0.15) is 26.0 Å². The Morgan fingerprint density at radius 3 is 2.84 bits per heavy atom. The van der Waals surface area contributed by atoms with E-state index in [-0.39, 0.29) is 37.5 Å². The molecule has 0 fully saturated rings. The van der Waals surface area contributed by atoms with Gasteiger partial charge in [0, 0.05) is 6.04 Å². The van der Waals surface area contributed by atoms with Gasteiger partial charge in [0.15, 0.2) is 0 Å². The lowest BCUT2D eigenvalue weighted by molar-refractivity contribution is -0.122. The Morgan fingerprint density at radius 2 is 2.21 bits per heavy atom. The third-order valence-electron chi connectivity index (χ3n) is 2.56. The quantitative estimate of drug-likeness (QED) is 0.572.